The Hall–Kier alpha value is -2.92. The van der Waals surface area contributed by atoms with E-state index >= 15 is 0 Å². The molecule has 0 bridgehead atoms. The van der Waals surface area contributed by atoms with E-state index in [1.807, 2.05) is 30.3 Å². The van der Waals surface area contributed by atoms with Crippen LogP contribution in [0.1, 0.15) is 11.3 Å². The number of nitrogen functional groups attached to an aromatic ring is 1. The van der Waals surface area contributed by atoms with Crippen molar-refractivity contribution >= 4 is 5.95 Å². The van der Waals surface area contributed by atoms with Gasteiger partial charge < -0.3 is 5.73 Å². The van der Waals surface area contributed by atoms with Gasteiger partial charge in [0.15, 0.2) is 5.69 Å². The number of nitrogens with zero attached hydrogens (tertiary/aromatic N) is 4. The summed E-state index contributed by atoms with van der Waals surface area (Å²) in [5.41, 5.74) is 6.78. The quantitative estimate of drug-likeness (QED) is 0.785. The first-order valence-corrected chi connectivity index (χ1v) is 4.79. The topological polar surface area (TPSA) is 99.4 Å². The van der Waals surface area contributed by atoms with Crippen LogP contribution in [0.25, 0.3) is 11.3 Å². The number of hydrogen-bond acceptors (Lipinski definition) is 5. The highest BCUT2D eigenvalue weighted by atomic mass is 15.0. The first-order chi connectivity index (χ1) is 8.26. The van der Waals surface area contributed by atoms with Gasteiger partial charge in [0, 0.05) is 5.56 Å². The number of aromatic nitrogens is 2. The van der Waals surface area contributed by atoms with E-state index < -0.39 is 0 Å². The molecule has 2 N–H and O–H groups in total. The summed E-state index contributed by atoms with van der Waals surface area (Å²) in [6.07, 6.45) is 0. The van der Waals surface area contributed by atoms with Crippen molar-refractivity contribution in [1.29, 1.82) is 10.5 Å². The SMILES string of the molecule is N#Cc1nc(N)nc(-c2ccccc2)c1C#N. The molecule has 0 aliphatic carbocycles. The minimum absolute atomic E-state index is 0.00106. The standard InChI is InChI=1S/C12H7N5/c13-6-9-10(7-14)16-12(15)17-11(9)8-4-2-1-3-5-8/h1-5H,(H2,15,16,17). The van der Waals surface area contributed by atoms with Crippen molar-refractivity contribution in [3.8, 4) is 23.4 Å². The van der Waals surface area contributed by atoms with Gasteiger partial charge in [-0.25, -0.2) is 9.97 Å². The van der Waals surface area contributed by atoms with Crippen molar-refractivity contribution in [2.45, 2.75) is 0 Å². The molecule has 0 aliphatic heterocycles. The number of nitriles is 2. The Bertz CT molecular complexity index is 634. The van der Waals surface area contributed by atoms with Gasteiger partial charge in [0.2, 0.25) is 5.95 Å². The van der Waals surface area contributed by atoms with Crippen molar-refractivity contribution in [3.63, 3.8) is 0 Å². The minimum Gasteiger partial charge on any atom is -0.368 e. The largest absolute Gasteiger partial charge is 0.368 e. The molecule has 2 aromatic rings. The molecule has 2 rings (SSSR count). The van der Waals surface area contributed by atoms with Crippen LogP contribution in [0.3, 0.4) is 0 Å². The van der Waals surface area contributed by atoms with Gasteiger partial charge in [-0.15, -0.1) is 0 Å². The molecule has 5 heteroatoms. The van der Waals surface area contributed by atoms with E-state index in [2.05, 4.69) is 9.97 Å². The molecule has 0 radical (unpaired) electrons. The highest BCUT2D eigenvalue weighted by Gasteiger charge is 2.14. The van der Waals surface area contributed by atoms with Crippen LogP contribution >= 0.6 is 0 Å². The van der Waals surface area contributed by atoms with Gasteiger partial charge in [0.1, 0.15) is 17.7 Å². The van der Waals surface area contributed by atoms with Crippen molar-refractivity contribution in [1.82, 2.24) is 9.97 Å². The summed E-state index contributed by atoms with van der Waals surface area (Å²) in [5, 5.41) is 18.0. The molecule has 80 valence electrons. The van der Waals surface area contributed by atoms with Gasteiger partial charge in [-0.1, -0.05) is 30.3 Å². The molecule has 0 saturated carbocycles. The van der Waals surface area contributed by atoms with E-state index in [1.54, 1.807) is 12.1 Å². The van der Waals surface area contributed by atoms with E-state index in [4.69, 9.17) is 16.3 Å². The maximum Gasteiger partial charge on any atom is 0.221 e. The van der Waals surface area contributed by atoms with Crippen LogP contribution in [-0.2, 0) is 0 Å². The lowest BCUT2D eigenvalue weighted by Gasteiger charge is -2.04. The first kappa shape index (κ1) is 10.6. The Labute approximate surface area is 97.8 Å². The molecule has 1 aromatic heterocycles. The normalized spacial score (nSPS) is 9.29. The predicted molar refractivity (Wildman–Crippen MR) is 61.3 cm³/mol. The molecule has 5 nitrogen and oxygen atoms in total. The first-order valence-electron chi connectivity index (χ1n) is 4.79. The van der Waals surface area contributed by atoms with Crippen LogP contribution in [0.5, 0.6) is 0 Å². The summed E-state index contributed by atoms with van der Waals surface area (Å²) in [7, 11) is 0. The molecule has 0 atom stereocenters. The Morgan fingerprint density at radius 1 is 1.00 bits per heavy atom. The van der Waals surface area contributed by atoms with Gasteiger partial charge in [-0.2, -0.15) is 10.5 Å². The number of hydrogen-bond donors (Lipinski definition) is 1. The number of rotatable bonds is 1. The summed E-state index contributed by atoms with van der Waals surface area (Å²) >= 11 is 0. The van der Waals surface area contributed by atoms with Crippen LogP contribution in [-0.4, -0.2) is 9.97 Å². The molecule has 1 aromatic carbocycles. The maximum absolute atomic E-state index is 9.06. The maximum atomic E-state index is 9.06. The van der Waals surface area contributed by atoms with Gasteiger partial charge >= 0.3 is 0 Å². The van der Waals surface area contributed by atoms with Crippen molar-refractivity contribution in [2.75, 3.05) is 5.73 Å². The van der Waals surface area contributed by atoms with E-state index in [1.165, 1.54) is 0 Å². The number of benzene rings is 1. The summed E-state index contributed by atoms with van der Waals surface area (Å²) in [6, 6.07) is 12.9. The highest BCUT2D eigenvalue weighted by Crippen LogP contribution is 2.23. The third-order valence-corrected chi connectivity index (χ3v) is 2.19. The summed E-state index contributed by atoms with van der Waals surface area (Å²) in [6.45, 7) is 0. The van der Waals surface area contributed by atoms with Crippen LogP contribution in [0.2, 0.25) is 0 Å². The zero-order valence-electron chi connectivity index (χ0n) is 8.75. The summed E-state index contributed by atoms with van der Waals surface area (Å²) in [4.78, 5) is 7.75. The molecule has 0 fully saturated rings. The monoisotopic (exact) mass is 221 g/mol. The fourth-order valence-electron chi connectivity index (χ4n) is 1.47. The number of nitrogens with two attached hydrogens (primary N) is 1. The second kappa shape index (κ2) is 4.30. The van der Waals surface area contributed by atoms with Gasteiger partial charge in [0.05, 0.1) is 5.69 Å². The summed E-state index contributed by atoms with van der Waals surface area (Å²) < 4.78 is 0. The molecule has 0 spiro atoms. The predicted octanol–water partition coefficient (Wildman–Crippen LogP) is 1.47. The Kier molecular flexibility index (Phi) is 2.68. The van der Waals surface area contributed by atoms with Crippen molar-refractivity contribution in [2.24, 2.45) is 0 Å². The second-order valence-corrected chi connectivity index (χ2v) is 3.24. The van der Waals surface area contributed by atoms with E-state index in [0.717, 1.165) is 5.56 Å². The summed E-state index contributed by atoms with van der Waals surface area (Å²) in [5.74, 6) is -0.0144. The van der Waals surface area contributed by atoms with Gasteiger partial charge in [-0.3, -0.25) is 0 Å². The fourth-order valence-corrected chi connectivity index (χ4v) is 1.47. The lowest BCUT2D eigenvalue weighted by molar-refractivity contribution is 1.14. The van der Waals surface area contributed by atoms with Crippen molar-refractivity contribution < 1.29 is 0 Å². The smallest absolute Gasteiger partial charge is 0.221 e. The molecule has 0 saturated heterocycles. The fraction of sp³-hybridized carbons (Fsp3) is 0. The van der Waals surface area contributed by atoms with E-state index in [9.17, 15) is 0 Å². The number of anilines is 1. The van der Waals surface area contributed by atoms with Crippen LogP contribution in [0.4, 0.5) is 5.95 Å². The zero-order valence-corrected chi connectivity index (χ0v) is 8.75. The third kappa shape index (κ3) is 1.90. The van der Waals surface area contributed by atoms with E-state index in [-0.39, 0.29) is 17.2 Å². The lowest BCUT2D eigenvalue weighted by Crippen LogP contribution is -2.03. The molecular formula is C12H7N5. The Balaban J connectivity index is 2.75. The third-order valence-electron chi connectivity index (χ3n) is 2.19. The molecular weight excluding hydrogens is 214 g/mol. The molecule has 17 heavy (non-hydrogen) atoms. The van der Waals surface area contributed by atoms with Crippen molar-refractivity contribution in [3.05, 3.63) is 41.6 Å². The molecule has 0 amide bonds. The second-order valence-electron chi connectivity index (χ2n) is 3.24. The average Bonchev–Trinajstić information content (AvgIpc) is 2.38. The van der Waals surface area contributed by atoms with E-state index in [0.29, 0.717) is 5.69 Å². The zero-order chi connectivity index (χ0) is 12.3. The Morgan fingerprint density at radius 3 is 2.29 bits per heavy atom. The van der Waals surface area contributed by atoms with Crippen LogP contribution in [0, 0.1) is 22.7 Å². The average molecular weight is 221 g/mol. The van der Waals surface area contributed by atoms with Gasteiger partial charge in [-0.05, 0) is 0 Å². The van der Waals surface area contributed by atoms with Crippen LogP contribution in [0.15, 0.2) is 30.3 Å². The van der Waals surface area contributed by atoms with Gasteiger partial charge in [0.25, 0.3) is 0 Å². The lowest BCUT2D eigenvalue weighted by atomic mass is 10.1. The molecule has 0 unspecified atom stereocenters. The minimum atomic E-state index is -0.0144. The molecule has 1 heterocycles. The van der Waals surface area contributed by atoms with Crippen LogP contribution < -0.4 is 5.73 Å². The Morgan fingerprint density at radius 2 is 1.71 bits per heavy atom. The highest BCUT2D eigenvalue weighted by molar-refractivity contribution is 5.69. The molecule has 0 aliphatic rings.